The molecule has 1 aromatic rings. The SMILES string of the molecule is CCOC(=O)N1CCC(NC(=O)C2CCN(S(=O)(=O)c3ccccc3C(F)(F)F)CC2)CC1. The number of likely N-dealkylation sites (tertiary alicyclic amines) is 1. The Labute approximate surface area is 191 Å². The van der Waals surface area contributed by atoms with Crippen LogP contribution in [0.5, 0.6) is 0 Å². The van der Waals surface area contributed by atoms with Crippen LogP contribution < -0.4 is 5.32 Å². The van der Waals surface area contributed by atoms with Gasteiger partial charge in [-0.2, -0.15) is 17.5 Å². The van der Waals surface area contributed by atoms with E-state index in [1.807, 2.05) is 0 Å². The van der Waals surface area contributed by atoms with Gasteiger partial charge in [-0.1, -0.05) is 12.1 Å². The lowest BCUT2D eigenvalue weighted by Crippen LogP contribution is -2.49. The van der Waals surface area contributed by atoms with Crippen LogP contribution in [-0.4, -0.2) is 68.5 Å². The number of rotatable bonds is 5. The lowest BCUT2D eigenvalue weighted by Gasteiger charge is -2.34. The summed E-state index contributed by atoms with van der Waals surface area (Å²) < 4.78 is 71.5. The fourth-order valence-corrected chi connectivity index (χ4v) is 5.85. The number of amides is 2. The molecule has 0 bridgehead atoms. The van der Waals surface area contributed by atoms with Crippen molar-refractivity contribution in [3.05, 3.63) is 29.8 Å². The number of halogens is 3. The Hall–Kier alpha value is -2.34. The standard InChI is InChI=1S/C21H28F3N3O5S/c1-2-32-20(29)26-11-9-16(10-12-26)25-19(28)15-7-13-27(14-8-15)33(30,31)18-6-4-3-5-17(18)21(22,23)24/h3-6,15-16H,2,7-14H2,1H3,(H,25,28). The highest BCUT2D eigenvalue weighted by molar-refractivity contribution is 7.89. The predicted octanol–water partition coefficient (Wildman–Crippen LogP) is 2.84. The number of sulfonamides is 1. The molecule has 2 aliphatic heterocycles. The lowest BCUT2D eigenvalue weighted by molar-refractivity contribution is -0.139. The highest BCUT2D eigenvalue weighted by Crippen LogP contribution is 2.36. The van der Waals surface area contributed by atoms with E-state index in [1.54, 1.807) is 11.8 Å². The number of nitrogens with zero attached hydrogens (tertiary/aromatic N) is 2. The van der Waals surface area contributed by atoms with Crippen LogP contribution >= 0.6 is 0 Å². The Morgan fingerprint density at radius 2 is 1.67 bits per heavy atom. The molecule has 2 fully saturated rings. The second-order valence-corrected chi connectivity index (χ2v) is 10.0. The summed E-state index contributed by atoms with van der Waals surface area (Å²) >= 11 is 0. The van der Waals surface area contributed by atoms with Crippen molar-refractivity contribution in [3.8, 4) is 0 Å². The van der Waals surface area contributed by atoms with Crippen molar-refractivity contribution >= 4 is 22.0 Å². The predicted molar refractivity (Wildman–Crippen MR) is 113 cm³/mol. The van der Waals surface area contributed by atoms with Crippen LogP contribution in [0.3, 0.4) is 0 Å². The van der Waals surface area contributed by atoms with Gasteiger partial charge in [0.15, 0.2) is 0 Å². The molecule has 12 heteroatoms. The number of benzene rings is 1. The summed E-state index contributed by atoms with van der Waals surface area (Å²) in [6.45, 7) is 2.90. The highest BCUT2D eigenvalue weighted by atomic mass is 32.2. The largest absolute Gasteiger partial charge is 0.450 e. The smallest absolute Gasteiger partial charge is 0.417 e. The van der Waals surface area contributed by atoms with E-state index in [1.165, 1.54) is 6.07 Å². The zero-order chi connectivity index (χ0) is 24.2. The van der Waals surface area contributed by atoms with E-state index in [2.05, 4.69) is 5.32 Å². The third kappa shape index (κ3) is 5.97. The normalized spacial score (nSPS) is 19.3. The lowest BCUT2D eigenvalue weighted by atomic mass is 9.96. The first-order valence-electron chi connectivity index (χ1n) is 10.9. The van der Waals surface area contributed by atoms with Crippen LogP contribution in [-0.2, 0) is 25.7 Å². The van der Waals surface area contributed by atoms with Crippen molar-refractivity contribution in [2.24, 2.45) is 5.92 Å². The second-order valence-electron chi connectivity index (χ2n) is 8.14. The molecule has 184 valence electrons. The molecule has 3 rings (SSSR count). The molecule has 1 aromatic carbocycles. The summed E-state index contributed by atoms with van der Waals surface area (Å²) in [5, 5.41) is 2.96. The molecule has 2 heterocycles. The van der Waals surface area contributed by atoms with Crippen LogP contribution in [0, 0.1) is 5.92 Å². The number of hydrogen-bond donors (Lipinski definition) is 1. The molecule has 0 unspecified atom stereocenters. The Morgan fingerprint density at radius 3 is 2.24 bits per heavy atom. The third-order valence-corrected chi connectivity index (χ3v) is 7.96. The number of hydrogen-bond acceptors (Lipinski definition) is 5. The van der Waals surface area contributed by atoms with Gasteiger partial charge in [-0.15, -0.1) is 0 Å². The molecular formula is C21H28F3N3O5S. The summed E-state index contributed by atoms with van der Waals surface area (Å²) in [6, 6.07) is 4.02. The monoisotopic (exact) mass is 491 g/mol. The average Bonchev–Trinajstić information content (AvgIpc) is 2.79. The molecule has 2 saturated heterocycles. The molecule has 8 nitrogen and oxygen atoms in total. The van der Waals surface area contributed by atoms with E-state index in [0.29, 0.717) is 32.5 Å². The highest BCUT2D eigenvalue weighted by Gasteiger charge is 2.40. The molecule has 0 saturated carbocycles. The topological polar surface area (TPSA) is 96.0 Å². The van der Waals surface area contributed by atoms with Gasteiger partial charge >= 0.3 is 12.3 Å². The molecule has 2 aliphatic rings. The van der Waals surface area contributed by atoms with Gasteiger partial charge in [0.25, 0.3) is 0 Å². The van der Waals surface area contributed by atoms with Crippen LogP contribution in [0.4, 0.5) is 18.0 Å². The molecule has 1 N–H and O–H groups in total. The first-order valence-corrected chi connectivity index (χ1v) is 12.4. The van der Waals surface area contributed by atoms with E-state index in [9.17, 15) is 31.2 Å². The molecule has 0 aliphatic carbocycles. The van der Waals surface area contributed by atoms with Crippen molar-refractivity contribution in [2.45, 2.75) is 49.7 Å². The average molecular weight is 492 g/mol. The maximum atomic E-state index is 13.3. The minimum Gasteiger partial charge on any atom is -0.450 e. The van der Waals surface area contributed by atoms with Gasteiger partial charge in [0.2, 0.25) is 15.9 Å². The summed E-state index contributed by atoms with van der Waals surface area (Å²) in [6.07, 6.45) is -3.53. The van der Waals surface area contributed by atoms with Crippen LogP contribution in [0.1, 0.15) is 38.2 Å². The number of nitrogens with one attached hydrogen (secondary N) is 1. The van der Waals surface area contributed by atoms with Crippen molar-refractivity contribution in [1.82, 2.24) is 14.5 Å². The van der Waals surface area contributed by atoms with Crippen LogP contribution in [0.2, 0.25) is 0 Å². The van der Waals surface area contributed by atoms with Gasteiger partial charge in [0.05, 0.1) is 17.1 Å². The van der Waals surface area contributed by atoms with Crippen molar-refractivity contribution in [3.63, 3.8) is 0 Å². The molecule has 2 amide bonds. The Balaban J connectivity index is 1.54. The van der Waals surface area contributed by atoms with Gasteiger partial charge in [0.1, 0.15) is 0 Å². The van der Waals surface area contributed by atoms with E-state index in [0.717, 1.165) is 22.5 Å². The van der Waals surface area contributed by atoms with E-state index < -0.39 is 32.6 Å². The Bertz CT molecular complexity index is 954. The first kappa shape index (κ1) is 25.3. The zero-order valence-corrected chi connectivity index (χ0v) is 19.1. The van der Waals surface area contributed by atoms with Crippen LogP contribution in [0.15, 0.2) is 29.2 Å². The van der Waals surface area contributed by atoms with Crippen LogP contribution in [0.25, 0.3) is 0 Å². The van der Waals surface area contributed by atoms with Gasteiger partial charge < -0.3 is 15.0 Å². The third-order valence-electron chi connectivity index (χ3n) is 6.00. The fourth-order valence-electron chi connectivity index (χ4n) is 4.16. The summed E-state index contributed by atoms with van der Waals surface area (Å²) in [5.74, 6) is -0.616. The van der Waals surface area contributed by atoms with E-state index in [-0.39, 0.29) is 44.0 Å². The molecule has 0 spiro atoms. The Morgan fingerprint density at radius 1 is 1.06 bits per heavy atom. The summed E-state index contributed by atoms with van der Waals surface area (Å²) in [4.78, 5) is 25.2. The molecular weight excluding hydrogens is 463 g/mol. The van der Waals surface area contributed by atoms with Gasteiger partial charge in [-0.25, -0.2) is 13.2 Å². The van der Waals surface area contributed by atoms with E-state index in [4.69, 9.17) is 4.74 Å². The summed E-state index contributed by atoms with van der Waals surface area (Å²) in [5.41, 5.74) is -1.20. The molecule has 0 radical (unpaired) electrons. The van der Waals surface area contributed by atoms with Crippen molar-refractivity contribution in [2.75, 3.05) is 32.8 Å². The molecule has 0 atom stereocenters. The van der Waals surface area contributed by atoms with Crippen molar-refractivity contribution < 1.29 is 35.9 Å². The van der Waals surface area contributed by atoms with Gasteiger partial charge in [-0.3, -0.25) is 4.79 Å². The van der Waals surface area contributed by atoms with Gasteiger partial charge in [0, 0.05) is 38.1 Å². The van der Waals surface area contributed by atoms with Gasteiger partial charge in [-0.05, 0) is 44.7 Å². The maximum absolute atomic E-state index is 13.3. The minimum atomic E-state index is -4.79. The minimum absolute atomic E-state index is 0.0338. The number of piperidine rings is 2. The molecule has 33 heavy (non-hydrogen) atoms. The first-order chi connectivity index (χ1) is 15.5. The number of alkyl halides is 3. The maximum Gasteiger partial charge on any atom is 0.417 e. The van der Waals surface area contributed by atoms with Crippen molar-refractivity contribution in [1.29, 1.82) is 0 Å². The number of ether oxygens (including phenoxy) is 1. The summed E-state index contributed by atoms with van der Waals surface area (Å²) in [7, 11) is -4.34. The number of carbonyl (C=O) groups is 2. The van der Waals surface area contributed by atoms with E-state index >= 15 is 0 Å². The molecule has 0 aromatic heterocycles. The second kappa shape index (κ2) is 10.3. The fraction of sp³-hybridized carbons (Fsp3) is 0.619. The Kier molecular flexibility index (Phi) is 7.88. The quantitative estimate of drug-likeness (QED) is 0.684. The zero-order valence-electron chi connectivity index (χ0n) is 18.3. The number of carbonyl (C=O) groups excluding carboxylic acids is 2.